The average molecular weight is 394 g/mol. The quantitative estimate of drug-likeness (QED) is 0.858. The van der Waals surface area contributed by atoms with E-state index in [2.05, 4.69) is 9.97 Å². The summed E-state index contributed by atoms with van der Waals surface area (Å²) in [4.78, 5) is 47.4. The number of hydrogen-bond acceptors (Lipinski definition) is 4. The molecule has 4 heterocycles. The second-order valence-corrected chi connectivity index (χ2v) is 8.16. The van der Waals surface area contributed by atoms with Crippen LogP contribution in [-0.4, -0.2) is 57.8 Å². The zero-order valence-corrected chi connectivity index (χ0v) is 16.5. The van der Waals surface area contributed by atoms with Gasteiger partial charge >= 0.3 is 0 Å². The van der Waals surface area contributed by atoms with E-state index in [0.29, 0.717) is 38.2 Å². The molecular formula is C22H26N4O3. The Bertz CT molecular complexity index is 922. The zero-order valence-electron chi connectivity index (χ0n) is 16.5. The number of amides is 2. The number of nitrogens with zero attached hydrogens (tertiary/aromatic N) is 3. The molecule has 29 heavy (non-hydrogen) atoms. The standard InChI is InChI=1S/C22H26N4O3/c27-19-6-5-17(14-24-19)21(29)26-12-3-9-22(16-26)10-7-20(28)25(15-22)13-8-18-4-1-2-11-23-18/h1-2,4-6,11,14H,3,7-10,12-13,15-16H2,(H,24,27)/t22-/m0/s1. The van der Waals surface area contributed by atoms with Crippen LogP contribution in [0.2, 0.25) is 0 Å². The summed E-state index contributed by atoms with van der Waals surface area (Å²) < 4.78 is 0. The van der Waals surface area contributed by atoms with Crippen LogP contribution < -0.4 is 5.56 Å². The van der Waals surface area contributed by atoms with E-state index in [4.69, 9.17) is 0 Å². The fraction of sp³-hybridized carbons (Fsp3) is 0.455. The summed E-state index contributed by atoms with van der Waals surface area (Å²) >= 11 is 0. The molecule has 0 saturated carbocycles. The van der Waals surface area contributed by atoms with E-state index in [1.165, 1.54) is 12.3 Å². The third-order valence-corrected chi connectivity index (χ3v) is 6.09. The molecule has 7 nitrogen and oxygen atoms in total. The molecule has 4 rings (SSSR count). The molecule has 2 saturated heterocycles. The number of carbonyl (C=O) groups excluding carboxylic acids is 2. The maximum atomic E-state index is 12.9. The summed E-state index contributed by atoms with van der Waals surface area (Å²) in [6.07, 6.45) is 7.30. The van der Waals surface area contributed by atoms with Crippen LogP contribution >= 0.6 is 0 Å². The third-order valence-electron chi connectivity index (χ3n) is 6.09. The predicted octanol–water partition coefficient (Wildman–Crippen LogP) is 1.86. The largest absolute Gasteiger partial charge is 0.342 e. The smallest absolute Gasteiger partial charge is 0.255 e. The van der Waals surface area contributed by atoms with Crippen LogP contribution in [0.25, 0.3) is 0 Å². The minimum absolute atomic E-state index is 0.0475. The van der Waals surface area contributed by atoms with Gasteiger partial charge in [-0.05, 0) is 37.5 Å². The summed E-state index contributed by atoms with van der Waals surface area (Å²) in [5.41, 5.74) is 1.22. The van der Waals surface area contributed by atoms with E-state index in [1.54, 1.807) is 12.3 Å². The highest BCUT2D eigenvalue weighted by Gasteiger charge is 2.42. The minimum atomic E-state index is -0.217. The van der Waals surface area contributed by atoms with Crippen molar-refractivity contribution in [3.63, 3.8) is 0 Å². The summed E-state index contributed by atoms with van der Waals surface area (Å²) in [6.45, 7) is 2.71. The van der Waals surface area contributed by atoms with Crippen LogP contribution in [0.3, 0.4) is 0 Å². The molecule has 0 radical (unpaired) electrons. The number of pyridine rings is 2. The lowest BCUT2D eigenvalue weighted by molar-refractivity contribution is -0.138. The van der Waals surface area contributed by atoms with Gasteiger partial charge in [0.1, 0.15) is 0 Å². The molecule has 2 aromatic heterocycles. The van der Waals surface area contributed by atoms with Gasteiger partial charge < -0.3 is 14.8 Å². The highest BCUT2D eigenvalue weighted by molar-refractivity contribution is 5.94. The van der Waals surface area contributed by atoms with Gasteiger partial charge in [-0.3, -0.25) is 19.4 Å². The number of piperidine rings is 2. The van der Waals surface area contributed by atoms with Crippen LogP contribution in [0.4, 0.5) is 0 Å². The van der Waals surface area contributed by atoms with E-state index in [-0.39, 0.29) is 22.8 Å². The van der Waals surface area contributed by atoms with Crippen LogP contribution in [0.1, 0.15) is 41.7 Å². The Kier molecular flexibility index (Phi) is 5.47. The molecule has 0 bridgehead atoms. The second kappa shape index (κ2) is 8.19. The third kappa shape index (κ3) is 4.39. The minimum Gasteiger partial charge on any atom is -0.342 e. The highest BCUT2D eigenvalue weighted by Crippen LogP contribution is 2.39. The van der Waals surface area contributed by atoms with Gasteiger partial charge in [0.2, 0.25) is 11.5 Å². The molecule has 2 fully saturated rings. The van der Waals surface area contributed by atoms with Gasteiger partial charge in [0.15, 0.2) is 0 Å². The predicted molar refractivity (Wildman–Crippen MR) is 108 cm³/mol. The Morgan fingerprint density at radius 3 is 2.79 bits per heavy atom. The first-order valence-electron chi connectivity index (χ1n) is 10.2. The van der Waals surface area contributed by atoms with E-state index >= 15 is 0 Å². The first kappa shape index (κ1) is 19.4. The molecule has 2 aliphatic rings. The van der Waals surface area contributed by atoms with Crippen LogP contribution in [0.15, 0.2) is 47.5 Å². The molecule has 2 aliphatic heterocycles. The Labute approximate surface area is 169 Å². The number of nitrogens with one attached hydrogen (secondary N) is 1. The number of H-pyrrole nitrogens is 1. The van der Waals surface area contributed by atoms with Crippen molar-refractivity contribution < 1.29 is 9.59 Å². The zero-order chi connectivity index (χ0) is 20.3. The summed E-state index contributed by atoms with van der Waals surface area (Å²) in [6, 6.07) is 8.79. The van der Waals surface area contributed by atoms with Gasteiger partial charge in [-0.1, -0.05) is 6.07 Å². The maximum Gasteiger partial charge on any atom is 0.255 e. The number of hydrogen-bond donors (Lipinski definition) is 1. The summed E-state index contributed by atoms with van der Waals surface area (Å²) in [5, 5.41) is 0. The monoisotopic (exact) mass is 394 g/mol. The Morgan fingerprint density at radius 1 is 1.14 bits per heavy atom. The molecule has 1 spiro atoms. The van der Waals surface area contributed by atoms with Crippen molar-refractivity contribution >= 4 is 11.8 Å². The van der Waals surface area contributed by atoms with E-state index in [9.17, 15) is 14.4 Å². The molecule has 1 N–H and O–H groups in total. The molecule has 1 atom stereocenters. The van der Waals surface area contributed by atoms with Crippen molar-refractivity contribution in [2.24, 2.45) is 5.41 Å². The molecule has 2 aromatic rings. The van der Waals surface area contributed by atoms with Crippen LogP contribution in [-0.2, 0) is 11.2 Å². The van der Waals surface area contributed by atoms with Crippen molar-refractivity contribution in [2.75, 3.05) is 26.2 Å². The summed E-state index contributed by atoms with van der Waals surface area (Å²) in [5.74, 6) is 0.132. The van der Waals surface area contributed by atoms with E-state index in [1.807, 2.05) is 28.0 Å². The van der Waals surface area contributed by atoms with Gasteiger partial charge in [0.25, 0.3) is 5.91 Å². The number of rotatable bonds is 4. The lowest BCUT2D eigenvalue weighted by Gasteiger charge is -2.48. The number of carbonyl (C=O) groups is 2. The Balaban J connectivity index is 1.43. The lowest BCUT2D eigenvalue weighted by Crippen LogP contribution is -2.55. The van der Waals surface area contributed by atoms with Crippen molar-refractivity contribution in [1.29, 1.82) is 0 Å². The fourth-order valence-electron chi connectivity index (χ4n) is 4.54. The van der Waals surface area contributed by atoms with Crippen LogP contribution in [0, 0.1) is 5.41 Å². The van der Waals surface area contributed by atoms with Crippen molar-refractivity contribution in [3.8, 4) is 0 Å². The molecular weight excluding hydrogens is 368 g/mol. The Hall–Kier alpha value is -2.96. The molecule has 2 amide bonds. The summed E-state index contributed by atoms with van der Waals surface area (Å²) in [7, 11) is 0. The maximum absolute atomic E-state index is 12.9. The van der Waals surface area contributed by atoms with Gasteiger partial charge in [-0.25, -0.2) is 0 Å². The fourth-order valence-corrected chi connectivity index (χ4v) is 4.54. The normalized spacial score (nSPS) is 22.1. The Morgan fingerprint density at radius 2 is 2.03 bits per heavy atom. The van der Waals surface area contributed by atoms with Gasteiger partial charge in [-0.2, -0.15) is 0 Å². The SMILES string of the molecule is O=C1CC[C@@]2(CCCN(C(=O)c3ccc(=O)[nH]c3)C2)CN1CCc1ccccn1. The van der Waals surface area contributed by atoms with Crippen LogP contribution in [0.5, 0.6) is 0 Å². The van der Waals surface area contributed by atoms with E-state index < -0.39 is 0 Å². The first-order valence-corrected chi connectivity index (χ1v) is 10.2. The number of likely N-dealkylation sites (tertiary alicyclic amines) is 2. The molecule has 0 aliphatic carbocycles. The van der Waals surface area contributed by atoms with Gasteiger partial charge in [-0.15, -0.1) is 0 Å². The first-order chi connectivity index (χ1) is 14.0. The number of aromatic amines is 1. The van der Waals surface area contributed by atoms with Crippen molar-refractivity contribution in [3.05, 3.63) is 64.3 Å². The van der Waals surface area contributed by atoms with Crippen molar-refractivity contribution in [2.45, 2.75) is 32.1 Å². The molecule has 0 unspecified atom stereocenters. The van der Waals surface area contributed by atoms with Gasteiger partial charge in [0.05, 0.1) is 5.56 Å². The number of aromatic nitrogens is 2. The van der Waals surface area contributed by atoms with E-state index in [0.717, 1.165) is 31.4 Å². The topological polar surface area (TPSA) is 86.4 Å². The molecule has 0 aromatic carbocycles. The second-order valence-electron chi connectivity index (χ2n) is 8.16. The van der Waals surface area contributed by atoms with Crippen molar-refractivity contribution in [1.82, 2.24) is 19.8 Å². The molecule has 7 heteroatoms. The molecule has 152 valence electrons. The van der Waals surface area contributed by atoms with Gasteiger partial charge in [0, 0.05) is 68.6 Å². The lowest BCUT2D eigenvalue weighted by atomic mass is 9.73. The highest BCUT2D eigenvalue weighted by atomic mass is 16.2. The average Bonchev–Trinajstić information content (AvgIpc) is 2.75.